The van der Waals surface area contributed by atoms with Crippen molar-refractivity contribution >= 4 is 23.2 Å². The minimum Gasteiger partial charge on any atom is -0.326 e. The summed E-state index contributed by atoms with van der Waals surface area (Å²) < 4.78 is 13.7. The van der Waals surface area contributed by atoms with E-state index in [9.17, 15) is 14.0 Å². The summed E-state index contributed by atoms with van der Waals surface area (Å²) in [6.07, 6.45) is 0.328. The van der Waals surface area contributed by atoms with Gasteiger partial charge in [-0.25, -0.2) is 4.39 Å². The van der Waals surface area contributed by atoms with Crippen molar-refractivity contribution in [2.45, 2.75) is 32.6 Å². The number of benzene rings is 2. The summed E-state index contributed by atoms with van der Waals surface area (Å²) >= 11 is 0. The number of halogens is 1. The van der Waals surface area contributed by atoms with Gasteiger partial charge in [-0.15, -0.1) is 0 Å². The van der Waals surface area contributed by atoms with Crippen molar-refractivity contribution in [3.05, 3.63) is 59.4 Å². The molecule has 2 aromatic rings. The average molecular weight is 340 g/mol. The van der Waals surface area contributed by atoms with E-state index in [1.165, 1.54) is 6.07 Å². The van der Waals surface area contributed by atoms with Crippen molar-refractivity contribution in [1.29, 1.82) is 0 Å². The number of carbonyl (C=O) groups is 2. The highest BCUT2D eigenvalue weighted by molar-refractivity contribution is 6.06. The van der Waals surface area contributed by atoms with E-state index in [-0.39, 0.29) is 23.5 Å². The first-order valence-corrected chi connectivity index (χ1v) is 8.29. The van der Waals surface area contributed by atoms with Gasteiger partial charge in [-0.3, -0.25) is 9.59 Å². The number of hydrogen-bond acceptors (Lipinski definition) is 2. The second-order valence-corrected chi connectivity index (χ2v) is 7.03. The third kappa shape index (κ3) is 3.27. The minimum absolute atomic E-state index is 0.0566. The summed E-state index contributed by atoms with van der Waals surface area (Å²) in [6, 6.07) is 11.8. The quantitative estimate of drug-likeness (QED) is 0.887. The van der Waals surface area contributed by atoms with Crippen LogP contribution in [0.15, 0.2) is 42.5 Å². The molecule has 1 aliphatic heterocycles. The summed E-state index contributed by atoms with van der Waals surface area (Å²) in [5.41, 5.74) is 2.16. The Bertz CT molecular complexity index is 845. The van der Waals surface area contributed by atoms with Crippen molar-refractivity contribution < 1.29 is 14.0 Å². The van der Waals surface area contributed by atoms with Gasteiger partial charge in [0.2, 0.25) is 11.8 Å². The van der Waals surface area contributed by atoms with Gasteiger partial charge in [-0.05, 0) is 55.7 Å². The first kappa shape index (κ1) is 17.1. The third-order valence-electron chi connectivity index (χ3n) is 4.71. The van der Waals surface area contributed by atoms with E-state index < -0.39 is 5.41 Å². The molecule has 5 heteroatoms. The number of rotatable bonds is 4. The number of anilines is 2. The van der Waals surface area contributed by atoms with Gasteiger partial charge in [0.25, 0.3) is 0 Å². The van der Waals surface area contributed by atoms with Gasteiger partial charge in [0.05, 0.1) is 5.41 Å². The zero-order valence-electron chi connectivity index (χ0n) is 14.5. The summed E-state index contributed by atoms with van der Waals surface area (Å²) in [6.45, 7) is 5.46. The van der Waals surface area contributed by atoms with Crippen molar-refractivity contribution in [2.24, 2.45) is 5.92 Å². The normalized spacial score (nSPS) is 16.1. The van der Waals surface area contributed by atoms with Crippen LogP contribution in [0, 0.1) is 11.7 Å². The van der Waals surface area contributed by atoms with E-state index in [2.05, 4.69) is 10.6 Å². The first-order chi connectivity index (χ1) is 11.8. The molecule has 0 saturated heterocycles. The molecule has 3 rings (SSSR count). The summed E-state index contributed by atoms with van der Waals surface area (Å²) in [7, 11) is 0. The molecule has 4 nitrogen and oxygen atoms in total. The highest BCUT2D eigenvalue weighted by Gasteiger charge is 2.38. The fraction of sp³-hybridized carbons (Fsp3) is 0.300. The van der Waals surface area contributed by atoms with Crippen LogP contribution in [-0.2, 0) is 21.4 Å². The largest absolute Gasteiger partial charge is 0.326 e. The molecule has 0 spiro atoms. The lowest BCUT2D eigenvalue weighted by Crippen LogP contribution is -2.27. The van der Waals surface area contributed by atoms with E-state index in [0.717, 1.165) is 11.3 Å². The Morgan fingerprint density at radius 2 is 1.96 bits per heavy atom. The predicted octanol–water partition coefficient (Wildman–Crippen LogP) is 3.87. The zero-order valence-corrected chi connectivity index (χ0v) is 14.5. The monoisotopic (exact) mass is 340 g/mol. The standard InChI is InChI=1S/C20H21FN2O2/c1-12(10-13-6-4-5-7-16(13)21)18(24)22-14-8-9-17-15(11-14)20(2,3)19(25)23-17/h4-9,11-12H,10H2,1-3H3,(H,22,24)(H,23,25). The van der Waals surface area contributed by atoms with Crippen LogP contribution in [0.5, 0.6) is 0 Å². The van der Waals surface area contributed by atoms with Crippen LogP contribution in [0.25, 0.3) is 0 Å². The Hall–Kier alpha value is -2.69. The molecule has 2 aromatic carbocycles. The highest BCUT2D eigenvalue weighted by atomic mass is 19.1. The van der Waals surface area contributed by atoms with Crippen molar-refractivity contribution in [2.75, 3.05) is 10.6 Å². The summed E-state index contributed by atoms with van der Waals surface area (Å²) in [5.74, 6) is -0.916. The molecular formula is C20H21FN2O2. The lowest BCUT2D eigenvalue weighted by atomic mass is 9.86. The average Bonchev–Trinajstić information content (AvgIpc) is 2.79. The molecule has 0 radical (unpaired) electrons. The molecule has 1 unspecified atom stereocenters. The van der Waals surface area contributed by atoms with Crippen LogP contribution in [0.4, 0.5) is 15.8 Å². The molecule has 2 N–H and O–H groups in total. The van der Waals surface area contributed by atoms with Crippen molar-refractivity contribution in [3.63, 3.8) is 0 Å². The minimum atomic E-state index is -0.630. The second kappa shape index (κ2) is 6.31. The lowest BCUT2D eigenvalue weighted by molar-refractivity contribution is -0.120. The van der Waals surface area contributed by atoms with E-state index in [1.807, 2.05) is 19.9 Å². The predicted molar refractivity (Wildman–Crippen MR) is 96.0 cm³/mol. The summed E-state index contributed by atoms with van der Waals surface area (Å²) in [4.78, 5) is 24.4. The van der Waals surface area contributed by atoms with Gasteiger partial charge in [0.1, 0.15) is 5.82 Å². The van der Waals surface area contributed by atoms with Crippen LogP contribution < -0.4 is 10.6 Å². The second-order valence-electron chi connectivity index (χ2n) is 7.03. The number of fused-ring (bicyclic) bond motifs is 1. The molecule has 2 amide bonds. The van der Waals surface area contributed by atoms with E-state index >= 15 is 0 Å². The van der Waals surface area contributed by atoms with E-state index in [1.54, 1.807) is 37.3 Å². The molecule has 0 bridgehead atoms. The lowest BCUT2D eigenvalue weighted by Gasteiger charge is -2.17. The highest BCUT2D eigenvalue weighted by Crippen LogP contribution is 2.38. The van der Waals surface area contributed by atoms with Crippen LogP contribution in [0.3, 0.4) is 0 Å². The maximum absolute atomic E-state index is 13.7. The zero-order chi connectivity index (χ0) is 18.2. The van der Waals surface area contributed by atoms with Gasteiger partial charge < -0.3 is 10.6 Å². The number of amides is 2. The van der Waals surface area contributed by atoms with Crippen LogP contribution in [0.2, 0.25) is 0 Å². The molecule has 0 aromatic heterocycles. The molecule has 0 fully saturated rings. The van der Waals surface area contributed by atoms with Gasteiger partial charge in [-0.1, -0.05) is 25.1 Å². The maximum Gasteiger partial charge on any atom is 0.234 e. The fourth-order valence-electron chi connectivity index (χ4n) is 3.00. The maximum atomic E-state index is 13.7. The Labute approximate surface area is 146 Å². The molecule has 0 aliphatic carbocycles. The Kier molecular flexibility index (Phi) is 4.33. The smallest absolute Gasteiger partial charge is 0.234 e. The number of hydrogen-bond donors (Lipinski definition) is 2. The van der Waals surface area contributed by atoms with Crippen molar-refractivity contribution in [3.8, 4) is 0 Å². The molecule has 1 heterocycles. The van der Waals surface area contributed by atoms with Gasteiger partial charge >= 0.3 is 0 Å². The van der Waals surface area contributed by atoms with Crippen LogP contribution >= 0.6 is 0 Å². The summed E-state index contributed by atoms with van der Waals surface area (Å²) in [5, 5.41) is 5.70. The number of carbonyl (C=O) groups excluding carboxylic acids is 2. The Balaban J connectivity index is 1.73. The van der Waals surface area contributed by atoms with Gasteiger partial charge in [0.15, 0.2) is 0 Å². The Morgan fingerprint density at radius 1 is 1.24 bits per heavy atom. The van der Waals surface area contributed by atoms with Gasteiger partial charge in [0, 0.05) is 17.3 Å². The van der Waals surface area contributed by atoms with Crippen molar-refractivity contribution in [1.82, 2.24) is 0 Å². The van der Waals surface area contributed by atoms with E-state index in [4.69, 9.17) is 0 Å². The number of nitrogens with one attached hydrogen (secondary N) is 2. The van der Waals surface area contributed by atoms with Crippen LogP contribution in [0.1, 0.15) is 31.9 Å². The Morgan fingerprint density at radius 3 is 2.68 bits per heavy atom. The fourth-order valence-corrected chi connectivity index (χ4v) is 3.00. The van der Waals surface area contributed by atoms with Crippen LogP contribution in [-0.4, -0.2) is 11.8 Å². The molecule has 1 aliphatic rings. The van der Waals surface area contributed by atoms with E-state index in [0.29, 0.717) is 17.7 Å². The molecule has 1 atom stereocenters. The molecular weight excluding hydrogens is 319 g/mol. The molecule has 130 valence electrons. The molecule has 25 heavy (non-hydrogen) atoms. The first-order valence-electron chi connectivity index (χ1n) is 8.29. The third-order valence-corrected chi connectivity index (χ3v) is 4.71. The molecule has 0 saturated carbocycles. The van der Waals surface area contributed by atoms with Gasteiger partial charge in [-0.2, -0.15) is 0 Å². The topological polar surface area (TPSA) is 58.2 Å². The SMILES string of the molecule is CC(Cc1ccccc1F)C(=O)Nc1ccc2c(c1)C(C)(C)C(=O)N2.